The molecule has 0 spiro atoms. The molecule has 0 aliphatic carbocycles. The minimum Gasteiger partial charge on any atom is -0.491 e. The fraction of sp³-hybridized carbons (Fsp3) is 0.333. The second-order valence-electron chi connectivity index (χ2n) is 3.89. The number of carbonyl (C=O) groups is 2. The maximum atomic E-state index is 11.3. The number of hydrogen-bond donors (Lipinski definition) is 1. The molecule has 5 nitrogen and oxygen atoms in total. The summed E-state index contributed by atoms with van der Waals surface area (Å²) in [5, 5.41) is 0. The van der Waals surface area contributed by atoms with E-state index in [1.165, 1.54) is 11.9 Å². The molecule has 0 aliphatic rings. The molecule has 0 saturated heterocycles. The molecule has 0 saturated carbocycles. The van der Waals surface area contributed by atoms with Crippen LogP contribution in [0.4, 0.5) is 5.69 Å². The summed E-state index contributed by atoms with van der Waals surface area (Å²) < 4.78 is 5.46. The molecule has 1 aromatic rings. The zero-order valence-electron chi connectivity index (χ0n) is 10.1. The van der Waals surface area contributed by atoms with Crippen LogP contribution in [0, 0.1) is 0 Å². The van der Waals surface area contributed by atoms with Gasteiger partial charge in [0, 0.05) is 12.7 Å². The zero-order chi connectivity index (χ0) is 13.0. The summed E-state index contributed by atoms with van der Waals surface area (Å²) >= 11 is 0. The average molecular weight is 236 g/mol. The first-order valence-electron chi connectivity index (χ1n) is 5.26. The quantitative estimate of drug-likeness (QED) is 0.793. The predicted octanol–water partition coefficient (Wildman–Crippen LogP) is 0.922. The van der Waals surface area contributed by atoms with Crippen molar-refractivity contribution < 1.29 is 14.3 Å². The van der Waals surface area contributed by atoms with Gasteiger partial charge in [0.25, 0.3) is 0 Å². The molecule has 0 unspecified atom stereocenters. The first-order valence-corrected chi connectivity index (χ1v) is 5.26. The molecule has 2 N–H and O–H groups in total. The molecule has 1 aromatic carbocycles. The normalized spacial score (nSPS) is 10.1. The van der Waals surface area contributed by atoms with Crippen LogP contribution in [0.3, 0.4) is 0 Å². The second-order valence-corrected chi connectivity index (χ2v) is 3.89. The van der Waals surface area contributed by atoms with Crippen molar-refractivity contribution in [1.82, 2.24) is 0 Å². The van der Waals surface area contributed by atoms with E-state index in [2.05, 4.69) is 0 Å². The van der Waals surface area contributed by atoms with Gasteiger partial charge in [0.15, 0.2) is 0 Å². The van der Waals surface area contributed by atoms with E-state index < -0.39 is 11.8 Å². The number of nitrogens with zero attached hydrogens (tertiary/aromatic N) is 1. The Morgan fingerprint density at radius 2 is 1.76 bits per heavy atom. The van der Waals surface area contributed by atoms with Crippen molar-refractivity contribution >= 4 is 17.5 Å². The first-order chi connectivity index (χ1) is 7.91. The number of anilines is 1. The van der Waals surface area contributed by atoms with E-state index in [9.17, 15) is 9.59 Å². The lowest BCUT2D eigenvalue weighted by Gasteiger charge is -2.16. The number of benzene rings is 1. The topological polar surface area (TPSA) is 72.6 Å². The van der Waals surface area contributed by atoms with Crippen LogP contribution in [0.15, 0.2) is 24.3 Å². The van der Waals surface area contributed by atoms with Crippen molar-refractivity contribution in [2.75, 3.05) is 11.9 Å². The van der Waals surface area contributed by atoms with Gasteiger partial charge in [0.05, 0.1) is 6.10 Å². The summed E-state index contributed by atoms with van der Waals surface area (Å²) in [6, 6.07) is 6.86. The third-order valence-electron chi connectivity index (χ3n) is 2.11. The van der Waals surface area contributed by atoms with E-state index in [4.69, 9.17) is 10.5 Å². The van der Waals surface area contributed by atoms with Crippen molar-refractivity contribution in [2.45, 2.75) is 20.0 Å². The van der Waals surface area contributed by atoms with Gasteiger partial charge in [-0.3, -0.25) is 9.59 Å². The van der Waals surface area contributed by atoms with Crippen LogP contribution in [0.25, 0.3) is 0 Å². The minimum atomic E-state index is -0.977. The van der Waals surface area contributed by atoms with Crippen LogP contribution in [0.2, 0.25) is 0 Å². The Bertz CT molecular complexity index is 412. The molecule has 1 rings (SSSR count). The Hall–Kier alpha value is -2.04. The lowest BCUT2D eigenvalue weighted by atomic mass is 10.2. The molecule has 0 atom stereocenters. The van der Waals surface area contributed by atoms with E-state index in [0.717, 1.165) is 0 Å². The van der Waals surface area contributed by atoms with Crippen molar-refractivity contribution in [2.24, 2.45) is 5.73 Å². The van der Waals surface area contributed by atoms with Crippen molar-refractivity contribution in [3.63, 3.8) is 0 Å². The number of hydrogen-bond acceptors (Lipinski definition) is 3. The summed E-state index contributed by atoms with van der Waals surface area (Å²) in [7, 11) is 1.49. The number of likely N-dealkylation sites (N-methyl/N-ethyl adjacent to an activating group) is 1. The van der Waals surface area contributed by atoms with Gasteiger partial charge < -0.3 is 15.4 Å². The van der Waals surface area contributed by atoms with Gasteiger partial charge in [-0.1, -0.05) is 0 Å². The number of carbonyl (C=O) groups excluding carboxylic acids is 2. The van der Waals surface area contributed by atoms with Crippen LogP contribution in [-0.2, 0) is 9.59 Å². The first kappa shape index (κ1) is 13.0. The smallest absolute Gasteiger partial charge is 0.315 e. The van der Waals surface area contributed by atoms with Crippen molar-refractivity contribution in [1.29, 1.82) is 0 Å². The van der Waals surface area contributed by atoms with Gasteiger partial charge in [-0.05, 0) is 38.1 Å². The van der Waals surface area contributed by atoms with Gasteiger partial charge in [0.1, 0.15) is 5.75 Å². The van der Waals surface area contributed by atoms with E-state index in [-0.39, 0.29) is 6.10 Å². The highest BCUT2D eigenvalue weighted by molar-refractivity contribution is 6.39. The number of primary amides is 1. The van der Waals surface area contributed by atoms with Gasteiger partial charge >= 0.3 is 11.8 Å². The minimum absolute atomic E-state index is 0.0887. The Morgan fingerprint density at radius 3 is 2.18 bits per heavy atom. The van der Waals surface area contributed by atoms with E-state index in [0.29, 0.717) is 11.4 Å². The third-order valence-corrected chi connectivity index (χ3v) is 2.11. The van der Waals surface area contributed by atoms with Gasteiger partial charge in [-0.25, -0.2) is 0 Å². The number of rotatable bonds is 3. The van der Waals surface area contributed by atoms with Crippen LogP contribution in [-0.4, -0.2) is 25.0 Å². The molecule has 0 aromatic heterocycles. The fourth-order valence-electron chi connectivity index (χ4n) is 1.30. The van der Waals surface area contributed by atoms with Crippen LogP contribution in [0.1, 0.15) is 13.8 Å². The van der Waals surface area contributed by atoms with Crippen molar-refractivity contribution in [3.8, 4) is 5.75 Å². The molecule has 92 valence electrons. The summed E-state index contributed by atoms with van der Waals surface area (Å²) in [5.74, 6) is -1.01. The summed E-state index contributed by atoms with van der Waals surface area (Å²) in [5.41, 5.74) is 5.50. The Labute approximate surface area is 100 Å². The Kier molecular flexibility index (Phi) is 4.09. The predicted molar refractivity (Wildman–Crippen MR) is 64.8 cm³/mol. The highest BCUT2D eigenvalue weighted by Crippen LogP contribution is 2.19. The fourth-order valence-corrected chi connectivity index (χ4v) is 1.30. The van der Waals surface area contributed by atoms with Crippen LogP contribution >= 0.6 is 0 Å². The van der Waals surface area contributed by atoms with E-state index >= 15 is 0 Å². The highest BCUT2D eigenvalue weighted by Gasteiger charge is 2.16. The maximum Gasteiger partial charge on any atom is 0.315 e. The van der Waals surface area contributed by atoms with E-state index in [1.54, 1.807) is 24.3 Å². The molecule has 2 amide bonds. The maximum absolute atomic E-state index is 11.3. The number of amides is 2. The monoisotopic (exact) mass is 236 g/mol. The summed E-state index contributed by atoms with van der Waals surface area (Å²) in [4.78, 5) is 23.3. The molecule has 0 heterocycles. The Balaban J connectivity index is 2.80. The molecule has 0 fully saturated rings. The average Bonchev–Trinajstić information content (AvgIpc) is 2.27. The van der Waals surface area contributed by atoms with Crippen molar-refractivity contribution in [3.05, 3.63) is 24.3 Å². The van der Waals surface area contributed by atoms with Gasteiger partial charge in [-0.15, -0.1) is 0 Å². The largest absolute Gasteiger partial charge is 0.491 e. The molecule has 17 heavy (non-hydrogen) atoms. The van der Waals surface area contributed by atoms with Crippen LogP contribution < -0.4 is 15.4 Å². The lowest BCUT2D eigenvalue weighted by Crippen LogP contribution is -2.37. The van der Waals surface area contributed by atoms with Gasteiger partial charge in [0.2, 0.25) is 0 Å². The summed E-state index contributed by atoms with van der Waals surface area (Å²) in [6.45, 7) is 3.85. The van der Waals surface area contributed by atoms with Gasteiger partial charge in [-0.2, -0.15) is 0 Å². The Morgan fingerprint density at radius 1 is 1.24 bits per heavy atom. The van der Waals surface area contributed by atoms with Crippen LogP contribution in [0.5, 0.6) is 5.75 Å². The molecular formula is C12H16N2O3. The highest BCUT2D eigenvalue weighted by atomic mass is 16.5. The summed E-state index contributed by atoms with van der Waals surface area (Å²) in [6.07, 6.45) is 0.0887. The zero-order valence-corrected chi connectivity index (χ0v) is 10.1. The molecule has 0 radical (unpaired) electrons. The molecule has 5 heteroatoms. The molecular weight excluding hydrogens is 220 g/mol. The number of nitrogens with two attached hydrogens (primary N) is 1. The molecule has 0 aliphatic heterocycles. The second kappa shape index (κ2) is 5.34. The molecule has 0 bridgehead atoms. The third kappa shape index (κ3) is 3.48. The SMILES string of the molecule is CC(C)Oc1ccc(N(C)C(=O)C(N)=O)cc1. The standard InChI is InChI=1S/C12H16N2O3/c1-8(2)17-10-6-4-9(5-7-10)14(3)12(16)11(13)15/h4-8H,1-3H3,(H2,13,15). The lowest BCUT2D eigenvalue weighted by molar-refractivity contribution is -0.135. The number of ether oxygens (including phenoxy) is 1. The van der Waals surface area contributed by atoms with E-state index in [1.807, 2.05) is 13.8 Å².